The third kappa shape index (κ3) is 4.34. The molecule has 53 heavy (non-hydrogen) atoms. The van der Waals surface area contributed by atoms with Crippen molar-refractivity contribution in [1.82, 2.24) is 13.7 Å². The number of rotatable bonds is 4. The van der Waals surface area contributed by atoms with Crippen LogP contribution in [-0.4, -0.2) is 13.7 Å². The van der Waals surface area contributed by atoms with E-state index >= 15 is 0 Å². The molecule has 0 saturated heterocycles. The lowest BCUT2D eigenvalue weighted by Crippen LogP contribution is -1.99. The number of benzene rings is 8. The van der Waals surface area contributed by atoms with Crippen molar-refractivity contribution < 1.29 is 0 Å². The highest BCUT2D eigenvalue weighted by molar-refractivity contribution is 6.12. The first-order valence-corrected chi connectivity index (χ1v) is 18.4. The molecule has 0 aliphatic heterocycles. The van der Waals surface area contributed by atoms with Crippen LogP contribution in [0, 0.1) is 13.8 Å². The molecule has 3 heteroatoms. The summed E-state index contributed by atoms with van der Waals surface area (Å²) in [4.78, 5) is 0. The summed E-state index contributed by atoms with van der Waals surface area (Å²) in [5, 5.41) is 7.62. The zero-order valence-electron chi connectivity index (χ0n) is 29.6. The van der Waals surface area contributed by atoms with Crippen molar-refractivity contribution in [1.29, 1.82) is 0 Å². The van der Waals surface area contributed by atoms with Gasteiger partial charge in [-0.1, -0.05) is 103 Å². The minimum atomic E-state index is 1.15. The quantitative estimate of drug-likeness (QED) is 0.176. The lowest BCUT2D eigenvalue weighted by Gasteiger charge is -2.15. The monoisotopic (exact) mass is 677 g/mol. The zero-order chi connectivity index (χ0) is 35.2. The van der Waals surface area contributed by atoms with E-state index < -0.39 is 0 Å². The Morgan fingerprint density at radius 3 is 1.09 bits per heavy atom. The molecule has 0 aliphatic carbocycles. The molecule has 0 unspecified atom stereocenters. The third-order valence-electron chi connectivity index (χ3n) is 11.3. The van der Waals surface area contributed by atoms with Crippen molar-refractivity contribution >= 4 is 65.4 Å². The number of para-hydroxylation sites is 5. The van der Waals surface area contributed by atoms with Crippen LogP contribution in [0.25, 0.3) is 93.6 Å². The smallest absolute Gasteiger partial charge is 0.0544 e. The Morgan fingerprint density at radius 1 is 0.264 bits per heavy atom. The number of aryl methyl sites for hydroxylation is 2. The summed E-state index contributed by atoms with van der Waals surface area (Å²) >= 11 is 0. The summed E-state index contributed by atoms with van der Waals surface area (Å²) in [7, 11) is 0. The van der Waals surface area contributed by atoms with Crippen LogP contribution in [0.1, 0.15) is 11.1 Å². The van der Waals surface area contributed by atoms with Gasteiger partial charge in [0.2, 0.25) is 0 Å². The molecule has 11 aromatic rings. The van der Waals surface area contributed by atoms with Crippen molar-refractivity contribution in [3.63, 3.8) is 0 Å². The highest BCUT2D eigenvalue weighted by atomic mass is 15.0. The molecule has 0 amide bonds. The molecule has 0 atom stereocenters. The van der Waals surface area contributed by atoms with E-state index in [1.807, 2.05) is 0 Å². The van der Waals surface area contributed by atoms with Gasteiger partial charge in [-0.2, -0.15) is 0 Å². The van der Waals surface area contributed by atoms with Crippen LogP contribution < -0.4 is 0 Å². The Balaban J connectivity index is 1.08. The van der Waals surface area contributed by atoms with Gasteiger partial charge in [-0.05, 0) is 109 Å². The van der Waals surface area contributed by atoms with Gasteiger partial charge in [0.05, 0.1) is 33.1 Å². The fraction of sp³-hybridized carbons (Fsp3) is 0.0400. The van der Waals surface area contributed by atoms with Crippen molar-refractivity contribution in [2.75, 3.05) is 0 Å². The topological polar surface area (TPSA) is 14.8 Å². The Kier molecular flexibility index (Phi) is 6.38. The van der Waals surface area contributed by atoms with Gasteiger partial charge >= 0.3 is 0 Å². The van der Waals surface area contributed by atoms with Crippen LogP contribution >= 0.6 is 0 Å². The Labute approximate surface area is 307 Å². The third-order valence-corrected chi connectivity index (χ3v) is 11.3. The van der Waals surface area contributed by atoms with Gasteiger partial charge in [0.1, 0.15) is 0 Å². The lowest BCUT2D eigenvalue weighted by molar-refractivity contribution is 1.13. The van der Waals surface area contributed by atoms with E-state index in [2.05, 4.69) is 203 Å². The van der Waals surface area contributed by atoms with Gasteiger partial charge in [0.25, 0.3) is 0 Å². The van der Waals surface area contributed by atoms with Crippen LogP contribution in [0.5, 0.6) is 0 Å². The van der Waals surface area contributed by atoms with Crippen molar-refractivity contribution in [3.8, 4) is 28.2 Å². The van der Waals surface area contributed by atoms with Gasteiger partial charge in [-0.15, -0.1) is 0 Å². The Bertz CT molecular complexity index is 3150. The number of nitrogens with zero attached hydrogens (tertiary/aromatic N) is 3. The first-order valence-electron chi connectivity index (χ1n) is 18.4. The minimum absolute atomic E-state index is 1.15. The zero-order valence-corrected chi connectivity index (χ0v) is 29.6. The van der Waals surface area contributed by atoms with Crippen molar-refractivity contribution in [3.05, 3.63) is 187 Å². The van der Waals surface area contributed by atoms with E-state index in [1.165, 1.54) is 93.4 Å². The summed E-state index contributed by atoms with van der Waals surface area (Å²) in [6.45, 7) is 4.51. The average molecular weight is 678 g/mol. The molecule has 0 fully saturated rings. The maximum atomic E-state index is 2.44. The second-order valence-corrected chi connectivity index (χ2v) is 14.3. The summed E-state index contributed by atoms with van der Waals surface area (Å²) in [5.74, 6) is 0. The predicted octanol–water partition coefficient (Wildman–Crippen LogP) is 13.3. The van der Waals surface area contributed by atoms with E-state index in [9.17, 15) is 0 Å². The molecule has 11 rings (SSSR count). The van der Waals surface area contributed by atoms with E-state index in [0.29, 0.717) is 0 Å². The second kappa shape index (κ2) is 11.3. The fourth-order valence-corrected chi connectivity index (χ4v) is 8.95. The normalized spacial score (nSPS) is 12.0. The van der Waals surface area contributed by atoms with Gasteiger partial charge in [-0.25, -0.2) is 0 Å². The predicted molar refractivity (Wildman–Crippen MR) is 224 cm³/mol. The molecule has 3 heterocycles. The van der Waals surface area contributed by atoms with E-state index in [0.717, 1.165) is 11.4 Å². The minimum Gasteiger partial charge on any atom is -0.309 e. The molecule has 0 saturated carbocycles. The largest absolute Gasteiger partial charge is 0.309 e. The summed E-state index contributed by atoms with van der Waals surface area (Å²) < 4.78 is 7.24. The fourth-order valence-electron chi connectivity index (χ4n) is 8.95. The number of hydrogen-bond donors (Lipinski definition) is 0. The first kappa shape index (κ1) is 29.8. The average Bonchev–Trinajstić information content (AvgIpc) is 3.83. The number of fused-ring (bicyclic) bond motifs is 9. The first-order chi connectivity index (χ1) is 26.1. The van der Waals surface area contributed by atoms with Crippen LogP contribution in [0.2, 0.25) is 0 Å². The standard InChI is InChI=1S/C50H35N3/c1-32-28-36(52-47-23-10-5-18-40(47)41-19-6-11-24-48(41)52)26-27-37(32)43-31-44-42-20-7-12-25-49(42)53(50(44)29-33(43)2)35-15-13-14-34(30-35)51-45-21-8-3-16-38(45)39-17-4-9-22-46(39)51/h3-31H,1-2H3. The molecular weight excluding hydrogens is 643 g/mol. The SMILES string of the molecule is Cc1cc(-n2c3ccccc3c3ccccc32)ccc1-c1cc2c3ccccc3n(-c3cccc(-n4c5ccccc5c5ccccc54)c3)c2cc1C. The highest BCUT2D eigenvalue weighted by Crippen LogP contribution is 2.40. The van der Waals surface area contributed by atoms with Crippen LogP contribution in [0.15, 0.2) is 176 Å². The van der Waals surface area contributed by atoms with Crippen molar-refractivity contribution in [2.45, 2.75) is 13.8 Å². The molecule has 0 bridgehead atoms. The Hall–Kier alpha value is -6.84. The summed E-state index contributed by atoms with van der Waals surface area (Å²) in [5.41, 5.74) is 15.8. The maximum absolute atomic E-state index is 2.44. The maximum Gasteiger partial charge on any atom is 0.0544 e. The second-order valence-electron chi connectivity index (χ2n) is 14.3. The van der Waals surface area contributed by atoms with Crippen LogP contribution in [0.4, 0.5) is 0 Å². The molecular formula is C50H35N3. The van der Waals surface area contributed by atoms with E-state index in [-0.39, 0.29) is 0 Å². The molecule has 0 N–H and O–H groups in total. The summed E-state index contributed by atoms with van der Waals surface area (Å²) in [6, 6.07) is 64.5. The molecule has 8 aromatic carbocycles. The van der Waals surface area contributed by atoms with Crippen LogP contribution in [0.3, 0.4) is 0 Å². The highest BCUT2D eigenvalue weighted by Gasteiger charge is 2.19. The summed E-state index contributed by atoms with van der Waals surface area (Å²) in [6.07, 6.45) is 0. The van der Waals surface area contributed by atoms with Crippen molar-refractivity contribution in [2.24, 2.45) is 0 Å². The molecule has 250 valence electrons. The van der Waals surface area contributed by atoms with Gasteiger partial charge in [0.15, 0.2) is 0 Å². The number of hydrogen-bond acceptors (Lipinski definition) is 0. The Morgan fingerprint density at radius 2 is 0.642 bits per heavy atom. The van der Waals surface area contributed by atoms with Gasteiger partial charge in [-0.3, -0.25) is 0 Å². The van der Waals surface area contributed by atoms with E-state index in [4.69, 9.17) is 0 Å². The van der Waals surface area contributed by atoms with E-state index in [1.54, 1.807) is 0 Å². The van der Waals surface area contributed by atoms with Crippen LogP contribution in [-0.2, 0) is 0 Å². The molecule has 0 spiro atoms. The van der Waals surface area contributed by atoms with Gasteiger partial charge < -0.3 is 13.7 Å². The molecule has 0 aliphatic rings. The molecule has 3 aromatic heterocycles. The molecule has 3 nitrogen and oxygen atoms in total. The number of aromatic nitrogens is 3. The molecule has 0 radical (unpaired) electrons. The lowest BCUT2D eigenvalue weighted by atomic mass is 9.94. The van der Waals surface area contributed by atoms with Gasteiger partial charge in [0, 0.05) is 49.4 Å².